The third-order valence-corrected chi connectivity index (χ3v) is 4.35. The average Bonchev–Trinajstić information content (AvgIpc) is 3.04. The molecule has 25 heavy (non-hydrogen) atoms. The summed E-state index contributed by atoms with van der Waals surface area (Å²) < 4.78 is 0. The second-order valence-electron chi connectivity index (χ2n) is 5.31. The maximum absolute atomic E-state index is 12.1. The number of hydrogen-bond acceptors (Lipinski definition) is 4. The molecule has 0 fully saturated rings. The van der Waals surface area contributed by atoms with Gasteiger partial charge in [-0.05, 0) is 46.8 Å². The maximum atomic E-state index is 12.1. The maximum Gasteiger partial charge on any atom is 0.324 e. The van der Waals surface area contributed by atoms with Gasteiger partial charge in [-0.15, -0.1) is 11.3 Å². The minimum atomic E-state index is -0.581. The van der Waals surface area contributed by atoms with E-state index in [2.05, 4.69) is 10.6 Å². The molecule has 0 spiro atoms. The normalized spacial score (nSPS) is 10.2. The lowest BCUT2D eigenvalue weighted by molar-refractivity contribution is 0.100. The fraction of sp³-hybridized carbons (Fsp3) is 0. The number of rotatable bonds is 4. The molecule has 0 aliphatic carbocycles. The summed E-state index contributed by atoms with van der Waals surface area (Å²) in [4.78, 5) is 23.3. The van der Waals surface area contributed by atoms with E-state index >= 15 is 0 Å². The van der Waals surface area contributed by atoms with Crippen LogP contribution in [0.25, 0.3) is 11.1 Å². The quantitative estimate of drug-likeness (QED) is 0.537. The van der Waals surface area contributed by atoms with Crippen LogP contribution in [0.1, 0.15) is 10.4 Å². The van der Waals surface area contributed by atoms with Gasteiger partial charge in [0.2, 0.25) is 0 Å². The van der Waals surface area contributed by atoms with Gasteiger partial charge in [-0.3, -0.25) is 10.1 Å². The molecule has 3 aromatic rings. The summed E-state index contributed by atoms with van der Waals surface area (Å²) in [5, 5.41) is 7.45. The monoisotopic (exact) mass is 352 g/mol. The highest BCUT2D eigenvalue weighted by molar-refractivity contribution is 7.14. The van der Waals surface area contributed by atoms with Crippen molar-refractivity contribution in [3.63, 3.8) is 0 Å². The molecule has 1 aromatic heterocycles. The van der Waals surface area contributed by atoms with Gasteiger partial charge < -0.3 is 16.8 Å². The molecule has 3 amide bonds. The van der Waals surface area contributed by atoms with Crippen LogP contribution >= 0.6 is 11.3 Å². The Balaban J connectivity index is 1.68. The summed E-state index contributed by atoms with van der Waals surface area (Å²) in [5.74, 6) is -0.581. The highest BCUT2D eigenvalue weighted by Crippen LogP contribution is 2.24. The van der Waals surface area contributed by atoms with Crippen molar-refractivity contribution in [2.45, 2.75) is 0 Å². The number of anilines is 3. The molecular weight excluding hydrogens is 336 g/mol. The number of benzene rings is 2. The summed E-state index contributed by atoms with van der Waals surface area (Å²) in [5.41, 5.74) is 14.7. The van der Waals surface area contributed by atoms with E-state index in [1.54, 1.807) is 23.6 Å². The first-order chi connectivity index (χ1) is 12.0. The number of nitrogens with two attached hydrogens (primary N) is 2. The van der Waals surface area contributed by atoms with Crippen LogP contribution in [0.2, 0.25) is 0 Å². The van der Waals surface area contributed by atoms with E-state index in [-0.39, 0.29) is 5.56 Å². The second kappa shape index (κ2) is 7.06. The highest BCUT2D eigenvalue weighted by Gasteiger charge is 2.12. The van der Waals surface area contributed by atoms with E-state index in [0.717, 1.165) is 11.1 Å². The molecule has 2 aromatic carbocycles. The Morgan fingerprint density at radius 1 is 0.920 bits per heavy atom. The largest absolute Gasteiger partial charge is 0.399 e. The van der Waals surface area contributed by atoms with Gasteiger partial charge in [0.05, 0.1) is 5.56 Å². The number of hydrogen-bond donors (Lipinski definition) is 4. The van der Waals surface area contributed by atoms with Crippen LogP contribution in [-0.2, 0) is 0 Å². The molecule has 6 N–H and O–H groups in total. The van der Waals surface area contributed by atoms with E-state index in [1.807, 2.05) is 36.4 Å². The van der Waals surface area contributed by atoms with Crippen LogP contribution in [0, 0.1) is 0 Å². The summed E-state index contributed by atoms with van der Waals surface area (Å²) >= 11 is 1.23. The number of amides is 3. The SMILES string of the molecule is NC(=O)c1ccsc1NC(=O)Nc1ccc(-c2cccc(N)c2)cc1. The van der Waals surface area contributed by atoms with E-state index in [1.165, 1.54) is 11.3 Å². The predicted molar refractivity (Wildman–Crippen MR) is 102 cm³/mol. The van der Waals surface area contributed by atoms with Gasteiger partial charge in [0.1, 0.15) is 5.00 Å². The average molecular weight is 352 g/mol. The Morgan fingerprint density at radius 2 is 1.68 bits per heavy atom. The van der Waals surface area contributed by atoms with Crippen molar-refractivity contribution in [3.8, 4) is 11.1 Å². The molecule has 0 unspecified atom stereocenters. The number of carbonyl (C=O) groups is 2. The topological polar surface area (TPSA) is 110 Å². The van der Waals surface area contributed by atoms with Gasteiger partial charge in [0, 0.05) is 11.4 Å². The van der Waals surface area contributed by atoms with Gasteiger partial charge in [-0.1, -0.05) is 24.3 Å². The first kappa shape index (κ1) is 16.5. The smallest absolute Gasteiger partial charge is 0.324 e. The molecule has 0 saturated carbocycles. The Kier molecular flexibility index (Phi) is 4.67. The Bertz CT molecular complexity index is 919. The number of primary amides is 1. The van der Waals surface area contributed by atoms with Gasteiger partial charge in [0.25, 0.3) is 5.91 Å². The molecule has 6 nitrogen and oxygen atoms in total. The van der Waals surface area contributed by atoms with Crippen LogP contribution in [0.3, 0.4) is 0 Å². The van der Waals surface area contributed by atoms with E-state index in [0.29, 0.717) is 16.4 Å². The molecule has 0 aliphatic heterocycles. The van der Waals surface area contributed by atoms with Crippen LogP contribution in [-0.4, -0.2) is 11.9 Å². The van der Waals surface area contributed by atoms with Crippen molar-refractivity contribution in [1.29, 1.82) is 0 Å². The molecule has 3 rings (SSSR count). The minimum absolute atomic E-state index is 0.289. The van der Waals surface area contributed by atoms with Crippen molar-refractivity contribution in [2.75, 3.05) is 16.4 Å². The molecule has 1 heterocycles. The predicted octanol–water partition coefficient (Wildman–Crippen LogP) is 3.74. The van der Waals surface area contributed by atoms with Crippen LogP contribution in [0.15, 0.2) is 60.0 Å². The standard InChI is InChI=1S/C18H16N4O2S/c19-13-3-1-2-12(10-13)11-4-6-14(7-5-11)21-18(24)22-17-15(16(20)23)8-9-25-17/h1-10H,19H2,(H2,20,23)(H2,21,22,24). The first-order valence-electron chi connectivity index (χ1n) is 7.44. The number of nitrogen functional groups attached to an aromatic ring is 1. The summed E-state index contributed by atoms with van der Waals surface area (Å²) in [6.07, 6.45) is 0. The highest BCUT2D eigenvalue weighted by atomic mass is 32.1. The van der Waals surface area contributed by atoms with Crippen LogP contribution < -0.4 is 22.1 Å². The van der Waals surface area contributed by atoms with Gasteiger partial charge in [-0.25, -0.2) is 4.79 Å². The number of thiophene rings is 1. The fourth-order valence-corrected chi connectivity index (χ4v) is 3.12. The van der Waals surface area contributed by atoms with Crippen LogP contribution in [0.5, 0.6) is 0 Å². The number of nitrogens with one attached hydrogen (secondary N) is 2. The molecule has 0 saturated heterocycles. The van der Waals surface area contributed by atoms with E-state index in [4.69, 9.17) is 11.5 Å². The third kappa shape index (κ3) is 3.96. The lowest BCUT2D eigenvalue weighted by Crippen LogP contribution is -2.21. The summed E-state index contributed by atoms with van der Waals surface area (Å²) in [6.45, 7) is 0. The van der Waals surface area contributed by atoms with Gasteiger partial charge in [0.15, 0.2) is 0 Å². The first-order valence-corrected chi connectivity index (χ1v) is 8.32. The van der Waals surface area contributed by atoms with E-state index < -0.39 is 11.9 Å². The molecule has 126 valence electrons. The Hall–Kier alpha value is -3.32. The summed E-state index contributed by atoms with van der Waals surface area (Å²) in [7, 11) is 0. The molecule has 0 radical (unpaired) electrons. The Labute approximate surface area is 148 Å². The minimum Gasteiger partial charge on any atom is -0.399 e. The van der Waals surface area contributed by atoms with Crippen molar-refractivity contribution >= 4 is 39.7 Å². The second-order valence-corrected chi connectivity index (χ2v) is 6.23. The number of urea groups is 1. The van der Waals surface area contributed by atoms with E-state index in [9.17, 15) is 9.59 Å². The summed E-state index contributed by atoms with van der Waals surface area (Å²) in [6, 6.07) is 16.1. The third-order valence-electron chi connectivity index (χ3n) is 3.52. The molecule has 0 aliphatic rings. The zero-order valence-electron chi connectivity index (χ0n) is 13.2. The fourth-order valence-electron chi connectivity index (χ4n) is 2.33. The van der Waals surface area contributed by atoms with Gasteiger partial charge in [-0.2, -0.15) is 0 Å². The van der Waals surface area contributed by atoms with Crippen molar-refractivity contribution in [1.82, 2.24) is 0 Å². The lowest BCUT2D eigenvalue weighted by atomic mass is 10.0. The van der Waals surface area contributed by atoms with Crippen molar-refractivity contribution in [3.05, 3.63) is 65.5 Å². The number of carbonyl (C=O) groups excluding carboxylic acids is 2. The Morgan fingerprint density at radius 3 is 2.36 bits per heavy atom. The molecule has 0 bridgehead atoms. The van der Waals surface area contributed by atoms with Crippen molar-refractivity contribution in [2.24, 2.45) is 5.73 Å². The molecule has 0 atom stereocenters. The van der Waals surface area contributed by atoms with Crippen molar-refractivity contribution < 1.29 is 9.59 Å². The van der Waals surface area contributed by atoms with Gasteiger partial charge >= 0.3 is 6.03 Å². The molecular formula is C18H16N4O2S. The lowest BCUT2D eigenvalue weighted by Gasteiger charge is -2.08. The zero-order chi connectivity index (χ0) is 17.8. The van der Waals surface area contributed by atoms with Crippen LogP contribution in [0.4, 0.5) is 21.2 Å². The molecule has 7 heteroatoms. The zero-order valence-corrected chi connectivity index (χ0v) is 14.0.